The molecule has 0 spiro atoms. The summed E-state index contributed by atoms with van der Waals surface area (Å²) in [4.78, 5) is 37.7. The maximum atomic E-state index is 16.0. The van der Waals surface area contributed by atoms with Crippen LogP contribution in [-0.2, 0) is 43.9 Å². The van der Waals surface area contributed by atoms with Crippen LogP contribution >= 0.6 is 60.6 Å². The highest BCUT2D eigenvalue weighted by Crippen LogP contribution is 2.58. The zero-order chi connectivity index (χ0) is 32.7. The topological polar surface area (TPSA) is 194 Å². The highest BCUT2D eigenvalue weighted by atomic mass is 35.5. The van der Waals surface area contributed by atoms with Gasteiger partial charge in [-0.05, 0) is 35.5 Å². The van der Waals surface area contributed by atoms with Crippen molar-refractivity contribution in [2.75, 3.05) is 13.2 Å². The van der Waals surface area contributed by atoms with Crippen LogP contribution in [0.15, 0.2) is 29.6 Å². The first-order valence-electron chi connectivity index (χ1n) is 13.1. The minimum absolute atomic E-state index is 0.000192. The molecule has 3 saturated heterocycles. The number of aliphatic hydroxyl groups is 1. The Labute approximate surface area is 281 Å². The average Bonchev–Trinajstić information content (AvgIpc) is 3.71. The fraction of sp³-hybridized carbons (Fsp3) is 0.455. The van der Waals surface area contributed by atoms with Crippen molar-refractivity contribution in [1.29, 1.82) is 0 Å². The number of ether oxygens (including phenoxy) is 2. The molecule has 0 bridgehead atoms. The lowest BCUT2D eigenvalue weighted by molar-refractivity contribution is -0.0568. The number of halogens is 4. The predicted molar refractivity (Wildman–Crippen MR) is 166 cm³/mol. The molecular weight excluding hydrogens is 760 g/mol. The Morgan fingerprint density at radius 3 is 2.54 bits per heavy atom. The van der Waals surface area contributed by atoms with E-state index in [0.717, 1.165) is 17.2 Å². The molecule has 10 unspecified atom stereocenters. The SMILES string of the molecule is O=c1[nH]cnc2c1ncn2C1OC2COP(O)(=S)OC3C(COP(=O)(S)OC2C1F)OC(n1c(Cl)nc2cc(Cl)c(Cl)cc21)C3O. The lowest BCUT2D eigenvalue weighted by atomic mass is 10.1. The van der Waals surface area contributed by atoms with Gasteiger partial charge < -0.3 is 29.0 Å². The Morgan fingerprint density at radius 2 is 1.76 bits per heavy atom. The van der Waals surface area contributed by atoms with Gasteiger partial charge in [-0.3, -0.25) is 27.5 Å². The van der Waals surface area contributed by atoms with Crippen molar-refractivity contribution in [2.24, 2.45) is 0 Å². The summed E-state index contributed by atoms with van der Waals surface area (Å²) in [5.74, 6) is 0. The van der Waals surface area contributed by atoms with Crippen molar-refractivity contribution in [1.82, 2.24) is 29.1 Å². The number of alkyl halides is 1. The van der Waals surface area contributed by atoms with Crippen molar-refractivity contribution < 1.29 is 46.5 Å². The van der Waals surface area contributed by atoms with Gasteiger partial charge in [0.15, 0.2) is 29.8 Å². The van der Waals surface area contributed by atoms with E-state index >= 15 is 4.39 Å². The number of imidazole rings is 2. The number of nitrogens with zero attached hydrogens (tertiary/aromatic N) is 5. The molecule has 3 fully saturated rings. The number of fused-ring (bicyclic) bond motifs is 4. The fourth-order valence-electron chi connectivity index (χ4n) is 5.43. The third-order valence-electron chi connectivity index (χ3n) is 7.47. The lowest BCUT2D eigenvalue weighted by Gasteiger charge is -2.29. The Hall–Kier alpha value is -1.25. The fourth-order valence-corrected chi connectivity index (χ4v) is 8.95. The number of aromatic amines is 1. The van der Waals surface area contributed by atoms with Crippen LogP contribution in [0.1, 0.15) is 12.5 Å². The molecule has 7 rings (SSSR count). The minimum atomic E-state index is -4.40. The molecule has 3 aromatic heterocycles. The Kier molecular flexibility index (Phi) is 8.87. The summed E-state index contributed by atoms with van der Waals surface area (Å²) in [6.45, 7) is -9.86. The van der Waals surface area contributed by atoms with Crippen LogP contribution in [0.25, 0.3) is 22.2 Å². The molecule has 0 amide bonds. The molecule has 6 heterocycles. The van der Waals surface area contributed by atoms with Crippen LogP contribution in [0, 0.1) is 0 Å². The maximum absolute atomic E-state index is 16.0. The number of aromatic nitrogens is 6. The number of hydrogen-bond donors (Lipinski definition) is 4. The van der Waals surface area contributed by atoms with Crippen LogP contribution in [0.3, 0.4) is 0 Å². The summed E-state index contributed by atoms with van der Waals surface area (Å²) in [5.41, 5.74) is 0.0235. The number of aliphatic hydroxyl groups excluding tert-OH is 1. The maximum Gasteiger partial charge on any atom is 0.386 e. The molecule has 10 atom stereocenters. The third-order valence-corrected chi connectivity index (χ3v) is 11.6. The van der Waals surface area contributed by atoms with E-state index in [2.05, 4.69) is 32.2 Å². The molecule has 4 aromatic rings. The molecule has 3 aliphatic heterocycles. The number of H-pyrrole nitrogens is 1. The van der Waals surface area contributed by atoms with Gasteiger partial charge in [0.1, 0.15) is 30.5 Å². The van der Waals surface area contributed by atoms with Crippen LogP contribution in [0.4, 0.5) is 4.39 Å². The van der Waals surface area contributed by atoms with E-state index in [-0.39, 0.29) is 26.5 Å². The zero-order valence-electron chi connectivity index (χ0n) is 22.5. The minimum Gasteiger partial charge on any atom is -0.386 e. The third kappa shape index (κ3) is 5.97. The number of benzene rings is 1. The molecule has 16 nitrogen and oxygen atoms in total. The first-order chi connectivity index (χ1) is 21.7. The second-order valence-corrected chi connectivity index (χ2v) is 17.1. The molecule has 3 N–H and O–H groups in total. The summed E-state index contributed by atoms with van der Waals surface area (Å²) in [6, 6.07) is 2.93. The van der Waals surface area contributed by atoms with Gasteiger partial charge in [0.25, 0.3) is 5.56 Å². The van der Waals surface area contributed by atoms with Crippen LogP contribution in [0.2, 0.25) is 15.3 Å². The summed E-state index contributed by atoms with van der Waals surface area (Å²) in [7, 11) is 0. The monoisotopic (exact) mass is 778 g/mol. The number of nitrogens with one attached hydrogen (secondary N) is 1. The van der Waals surface area contributed by atoms with E-state index in [1.54, 1.807) is 0 Å². The second kappa shape index (κ2) is 12.3. The van der Waals surface area contributed by atoms with Crippen LogP contribution in [-0.4, -0.2) is 89.0 Å². The van der Waals surface area contributed by atoms with Gasteiger partial charge >= 0.3 is 13.5 Å². The molecule has 248 valence electrons. The zero-order valence-corrected chi connectivity index (χ0v) is 28.3. The standard InChI is InChI=1S/C22H20Cl3FN6O10P2S2/c23-7-1-9-10(2-8(7)24)32(22(25)30-9)21-15(33)17-12(40-21)4-38-43(35,45)41-16-11(3-37-44(36,46)42-17)39-20(13(16)26)31-6-29-14-18(31)27-5-28-19(14)34/h1-2,5-6,11-13,15-17,20-21,33H,3-4H2,(H,35,45)(H,36,46)(H,27,28,34). The highest BCUT2D eigenvalue weighted by molar-refractivity contribution is 8.44. The molecule has 46 heavy (non-hydrogen) atoms. The van der Waals surface area contributed by atoms with Gasteiger partial charge in [-0.25, -0.2) is 23.9 Å². The van der Waals surface area contributed by atoms with Crippen LogP contribution in [0.5, 0.6) is 0 Å². The van der Waals surface area contributed by atoms with Gasteiger partial charge in [0.05, 0.1) is 46.9 Å². The van der Waals surface area contributed by atoms with Gasteiger partial charge in [0, 0.05) is 0 Å². The first-order valence-corrected chi connectivity index (χ1v) is 19.5. The van der Waals surface area contributed by atoms with Gasteiger partial charge in [-0.15, -0.1) is 0 Å². The summed E-state index contributed by atoms with van der Waals surface area (Å²) < 4.78 is 65.9. The van der Waals surface area contributed by atoms with Crippen molar-refractivity contribution in [2.45, 2.75) is 49.1 Å². The van der Waals surface area contributed by atoms with E-state index in [9.17, 15) is 19.4 Å². The molecular formula is C22H20Cl3FN6O10P2S2. The first kappa shape index (κ1) is 33.3. The number of hydrogen-bond acceptors (Lipinski definition) is 13. The van der Waals surface area contributed by atoms with E-state index in [0.29, 0.717) is 11.0 Å². The predicted octanol–water partition coefficient (Wildman–Crippen LogP) is 3.70. The summed E-state index contributed by atoms with van der Waals surface area (Å²) in [6.07, 6.45) is -9.91. The van der Waals surface area contributed by atoms with Crippen molar-refractivity contribution in [3.63, 3.8) is 0 Å². The summed E-state index contributed by atoms with van der Waals surface area (Å²) in [5, 5.41) is 11.6. The average molecular weight is 780 g/mol. The van der Waals surface area contributed by atoms with Crippen LogP contribution < -0.4 is 5.56 Å². The smallest absolute Gasteiger partial charge is 0.386 e. The molecule has 24 heteroatoms. The van der Waals surface area contributed by atoms with Crippen molar-refractivity contribution >= 4 is 94.6 Å². The van der Waals surface area contributed by atoms with Crippen molar-refractivity contribution in [3.05, 3.63) is 50.5 Å². The van der Waals surface area contributed by atoms with E-state index in [1.165, 1.54) is 16.7 Å². The molecule has 0 saturated carbocycles. The van der Waals surface area contributed by atoms with E-state index in [4.69, 9.17) is 74.2 Å². The number of thiol groups is 1. The van der Waals surface area contributed by atoms with E-state index in [1.807, 2.05) is 0 Å². The molecule has 1 aromatic carbocycles. The van der Waals surface area contributed by atoms with E-state index < -0.39 is 81.4 Å². The Morgan fingerprint density at radius 1 is 1.07 bits per heavy atom. The van der Waals surface area contributed by atoms with Crippen molar-refractivity contribution in [3.8, 4) is 0 Å². The van der Waals surface area contributed by atoms with Gasteiger partial charge in [-0.2, -0.15) is 0 Å². The second-order valence-electron chi connectivity index (χ2n) is 10.3. The normalized spacial score (nSPS) is 37.2. The summed E-state index contributed by atoms with van der Waals surface area (Å²) >= 11 is 27.9. The molecule has 3 aliphatic rings. The number of rotatable bonds is 2. The van der Waals surface area contributed by atoms with Gasteiger partial charge in [0.2, 0.25) is 5.28 Å². The quantitative estimate of drug-likeness (QED) is 0.170. The molecule has 0 aliphatic carbocycles. The molecule has 0 radical (unpaired) electrons. The largest absolute Gasteiger partial charge is 0.386 e. The Balaban J connectivity index is 1.18. The van der Waals surface area contributed by atoms with Gasteiger partial charge in [-0.1, -0.05) is 35.5 Å². The highest BCUT2D eigenvalue weighted by Gasteiger charge is 2.53. The lowest BCUT2D eigenvalue weighted by Crippen LogP contribution is -2.38. The Bertz CT molecular complexity index is 2010.